The van der Waals surface area contributed by atoms with Crippen LogP contribution in [0.25, 0.3) is 0 Å². The van der Waals surface area contributed by atoms with Crippen LogP contribution < -0.4 is 11.1 Å². The van der Waals surface area contributed by atoms with E-state index in [2.05, 4.69) is 22.4 Å². The third-order valence-electron chi connectivity index (χ3n) is 2.59. The summed E-state index contributed by atoms with van der Waals surface area (Å²) in [5, 5.41) is 3.10. The second kappa shape index (κ2) is 9.71. The second-order valence-electron chi connectivity index (χ2n) is 4.47. The zero-order chi connectivity index (χ0) is 17.1. The van der Waals surface area contributed by atoms with Gasteiger partial charge in [-0.25, -0.2) is 4.99 Å². The van der Waals surface area contributed by atoms with Crippen molar-refractivity contribution in [2.24, 2.45) is 10.7 Å². The molecule has 0 aliphatic heterocycles. The van der Waals surface area contributed by atoms with Crippen LogP contribution in [-0.4, -0.2) is 14.3 Å². The van der Waals surface area contributed by atoms with Crippen molar-refractivity contribution in [3.8, 4) is 0 Å². The van der Waals surface area contributed by atoms with Gasteiger partial charge in [0.15, 0.2) is 5.96 Å². The fourth-order valence-corrected chi connectivity index (χ4v) is 1.60. The summed E-state index contributed by atoms with van der Waals surface area (Å²) in [4.78, 5) is 4.29. The summed E-state index contributed by atoms with van der Waals surface area (Å²) >= 11 is -5.25. The molecule has 0 spiro atoms. The molecule has 0 amide bonds. The summed E-state index contributed by atoms with van der Waals surface area (Å²) in [6.07, 6.45) is 0. The molecule has 0 aliphatic carbocycles. The van der Waals surface area contributed by atoms with E-state index in [1.165, 1.54) is 5.56 Å². The standard InChI is InChI=1S/C15H17N3.Cr.2H2O.2O/c16-15(17-11-13-7-3-1-4-8-13)18-12-14-9-5-2-6-10-14;;;;;/h1-10H,11-12H2,(H3,16,17,18);;2*1H2;;/q;+2;;;;/p-2. The molecule has 23 heavy (non-hydrogen) atoms. The zero-order valence-corrected chi connectivity index (χ0v) is 13.6. The van der Waals surface area contributed by atoms with Crippen molar-refractivity contribution < 1.29 is 29.5 Å². The first-order valence-corrected chi connectivity index (χ1v) is 8.84. The van der Waals surface area contributed by atoms with E-state index in [1.807, 2.05) is 48.5 Å². The van der Waals surface area contributed by atoms with Gasteiger partial charge in [0.2, 0.25) is 0 Å². The molecule has 2 aromatic rings. The summed E-state index contributed by atoms with van der Waals surface area (Å²) in [6, 6.07) is 20.2. The summed E-state index contributed by atoms with van der Waals surface area (Å²) in [5.74, 6) is 0.475. The van der Waals surface area contributed by atoms with Crippen LogP contribution in [0.1, 0.15) is 11.1 Å². The zero-order valence-electron chi connectivity index (χ0n) is 12.3. The van der Waals surface area contributed by atoms with Crippen LogP contribution in [0.5, 0.6) is 0 Å². The van der Waals surface area contributed by atoms with Gasteiger partial charge in [0.1, 0.15) is 0 Å². The normalized spacial score (nSPS) is 11.3. The van der Waals surface area contributed by atoms with Gasteiger partial charge in [0.05, 0.1) is 6.54 Å². The SMILES string of the molecule is NC(=NCc1ccccc1)NCc1ccccc1.[O]=[Cr](=[O])([OH])[OH]. The molecule has 0 bridgehead atoms. The quantitative estimate of drug-likeness (QED) is 0.477. The predicted molar refractivity (Wildman–Crippen MR) is 80.9 cm³/mol. The molecule has 8 heteroatoms. The van der Waals surface area contributed by atoms with Gasteiger partial charge in [-0.15, -0.1) is 0 Å². The molecule has 0 heterocycles. The third kappa shape index (κ3) is 11.0. The van der Waals surface area contributed by atoms with E-state index >= 15 is 0 Å². The summed E-state index contributed by atoms with van der Waals surface area (Å²) in [5.41, 5.74) is 8.15. The number of guanidine groups is 1. The Morgan fingerprint density at radius 1 is 0.957 bits per heavy atom. The van der Waals surface area contributed by atoms with Crippen LogP contribution >= 0.6 is 0 Å². The summed E-state index contributed by atoms with van der Waals surface area (Å²) in [7, 11) is 0. The van der Waals surface area contributed by atoms with Crippen molar-refractivity contribution in [2.45, 2.75) is 13.1 Å². The first kappa shape index (κ1) is 18.8. The first-order chi connectivity index (χ1) is 10.8. The Hall–Kier alpha value is -2.24. The van der Waals surface area contributed by atoms with Crippen LogP contribution in [0.15, 0.2) is 65.7 Å². The molecule has 2 rings (SSSR count). The minimum atomic E-state index is -5.25. The topological polar surface area (TPSA) is 125 Å². The van der Waals surface area contributed by atoms with Gasteiger partial charge in [0.25, 0.3) is 0 Å². The van der Waals surface area contributed by atoms with E-state index in [0.29, 0.717) is 19.0 Å². The minimum absolute atomic E-state index is 0.475. The van der Waals surface area contributed by atoms with Crippen LogP contribution in [0, 0.1) is 0 Å². The molecule has 0 saturated carbocycles. The Kier molecular flexibility index (Phi) is 7.94. The fraction of sp³-hybridized carbons (Fsp3) is 0.133. The van der Waals surface area contributed by atoms with Crippen molar-refractivity contribution in [1.29, 1.82) is 0 Å². The number of rotatable bonds is 4. The molecule has 7 nitrogen and oxygen atoms in total. The molecular weight excluding hydrogens is 338 g/mol. The van der Waals surface area contributed by atoms with E-state index < -0.39 is 13.6 Å². The Morgan fingerprint density at radius 3 is 1.87 bits per heavy atom. The average Bonchev–Trinajstić information content (AvgIpc) is 2.51. The van der Waals surface area contributed by atoms with Crippen molar-refractivity contribution in [3.05, 3.63) is 71.8 Å². The first-order valence-electron chi connectivity index (χ1n) is 6.66. The maximum absolute atomic E-state index is 8.82. The van der Waals surface area contributed by atoms with Crippen molar-refractivity contribution >= 4 is 5.96 Å². The van der Waals surface area contributed by atoms with Crippen LogP contribution in [0.2, 0.25) is 0 Å². The van der Waals surface area contributed by atoms with Crippen molar-refractivity contribution in [1.82, 2.24) is 5.32 Å². The number of nitrogens with one attached hydrogen (secondary N) is 1. The third-order valence-corrected chi connectivity index (χ3v) is 2.59. The molecule has 124 valence electrons. The van der Waals surface area contributed by atoms with Gasteiger partial charge in [-0.1, -0.05) is 60.7 Å². The number of hydrogen-bond acceptors (Lipinski definition) is 3. The molecule has 0 fully saturated rings. The molecule has 0 aliphatic rings. The van der Waals surface area contributed by atoms with Gasteiger partial charge in [-0.05, 0) is 11.1 Å². The van der Waals surface area contributed by atoms with Crippen LogP contribution in [0.4, 0.5) is 0 Å². The van der Waals surface area contributed by atoms with Gasteiger partial charge in [-0.2, -0.15) is 0 Å². The monoisotopic (exact) mass is 357 g/mol. The molecule has 0 radical (unpaired) electrons. The predicted octanol–water partition coefficient (Wildman–Crippen LogP) is 0.937. The Bertz CT molecular complexity index is 696. The molecule has 0 unspecified atom stereocenters. The van der Waals surface area contributed by atoms with Crippen LogP contribution in [0.3, 0.4) is 0 Å². The number of aliphatic imine (C=N–C) groups is 1. The molecule has 2 aromatic carbocycles. The molecule has 0 aromatic heterocycles. The number of hydrogen-bond donors (Lipinski definition) is 4. The van der Waals surface area contributed by atoms with Gasteiger partial charge in [0, 0.05) is 6.54 Å². The number of nitrogens with zero attached hydrogens (tertiary/aromatic N) is 1. The molecule has 5 N–H and O–H groups in total. The average molecular weight is 357 g/mol. The van der Waals surface area contributed by atoms with E-state index in [9.17, 15) is 0 Å². The molecular formula is C15H19CrN3O4. The van der Waals surface area contributed by atoms with E-state index in [4.69, 9.17) is 21.7 Å². The van der Waals surface area contributed by atoms with E-state index in [-0.39, 0.29) is 0 Å². The molecule has 0 atom stereocenters. The van der Waals surface area contributed by atoms with Gasteiger partial charge < -0.3 is 11.1 Å². The summed E-state index contributed by atoms with van der Waals surface area (Å²) < 4.78 is 31.9. The maximum atomic E-state index is 8.82. The Labute approximate surface area is 136 Å². The summed E-state index contributed by atoms with van der Waals surface area (Å²) in [6.45, 7) is 1.30. The van der Waals surface area contributed by atoms with Crippen LogP contribution in [-0.2, 0) is 34.3 Å². The van der Waals surface area contributed by atoms with Crippen molar-refractivity contribution in [3.63, 3.8) is 0 Å². The van der Waals surface area contributed by atoms with Gasteiger partial charge in [-0.3, -0.25) is 0 Å². The van der Waals surface area contributed by atoms with Gasteiger partial charge >= 0.3 is 29.5 Å². The van der Waals surface area contributed by atoms with E-state index in [0.717, 1.165) is 5.56 Å². The van der Waals surface area contributed by atoms with E-state index in [1.54, 1.807) is 0 Å². The number of benzene rings is 2. The molecule has 0 saturated heterocycles. The Morgan fingerprint density at radius 2 is 1.39 bits per heavy atom. The number of nitrogens with two attached hydrogens (primary N) is 1. The fourth-order valence-electron chi connectivity index (χ4n) is 1.60. The van der Waals surface area contributed by atoms with Crippen molar-refractivity contribution in [2.75, 3.05) is 0 Å². The Balaban J connectivity index is 0.000000463. The second-order valence-corrected chi connectivity index (χ2v) is 5.87.